The second-order valence-corrected chi connectivity index (χ2v) is 7.59. The van der Waals surface area contributed by atoms with Gasteiger partial charge in [0.25, 0.3) is 5.91 Å². The molecule has 1 aromatic carbocycles. The van der Waals surface area contributed by atoms with E-state index in [4.69, 9.17) is 5.14 Å². The van der Waals surface area contributed by atoms with Crippen molar-refractivity contribution in [3.05, 3.63) is 28.2 Å². The first-order valence-electron chi connectivity index (χ1n) is 6.37. The van der Waals surface area contributed by atoms with Crippen LogP contribution in [-0.4, -0.2) is 32.8 Å². The smallest absolute Gasteiger partial charge is 0.254 e. The Morgan fingerprint density at radius 3 is 2.60 bits per heavy atom. The average molecular weight is 361 g/mol. The summed E-state index contributed by atoms with van der Waals surface area (Å²) in [6, 6.07) is 4.23. The van der Waals surface area contributed by atoms with Gasteiger partial charge in [-0.2, -0.15) is 0 Å². The third-order valence-electron chi connectivity index (χ3n) is 3.60. The van der Waals surface area contributed by atoms with Crippen molar-refractivity contribution < 1.29 is 13.2 Å². The molecule has 1 aromatic rings. The predicted octanol–water partition coefficient (Wildman–Crippen LogP) is 1.97. The summed E-state index contributed by atoms with van der Waals surface area (Å²) in [5, 5.41) is 5.10. The second kappa shape index (κ2) is 5.83. The Bertz CT molecular complexity index is 627. The molecule has 0 aliphatic heterocycles. The van der Waals surface area contributed by atoms with Crippen molar-refractivity contribution >= 4 is 31.9 Å². The van der Waals surface area contributed by atoms with Gasteiger partial charge >= 0.3 is 0 Å². The number of hydrogen-bond donors (Lipinski definition) is 1. The molecule has 0 saturated heterocycles. The van der Waals surface area contributed by atoms with E-state index in [-0.39, 0.29) is 10.8 Å². The molecule has 1 fully saturated rings. The van der Waals surface area contributed by atoms with Gasteiger partial charge in [0.2, 0.25) is 10.0 Å². The van der Waals surface area contributed by atoms with Crippen LogP contribution in [0.2, 0.25) is 0 Å². The fourth-order valence-electron chi connectivity index (χ4n) is 2.20. The molecule has 2 rings (SSSR count). The highest BCUT2D eigenvalue weighted by molar-refractivity contribution is 9.10. The van der Waals surface area contributed by atoms with E-state index >= 15 is 0 Å². The number of sulfonamides is 1. The van der Waals surface area contributed by atoms with E-state index in [0.717, 1.165) is 12.8 Å². The molecule has 0 heterocycles. The largest absolute Gasteiger partial charge is 0.341 e. The minimum atomic E-state index is -3.81. The molecule has 0 unspecified atom stereocenters. The Labute approximate surface area is 127 Å². The number of benzene rings is 1. The van der Waals surface area contributed by atoms with Crippen molar-refractivity contribution in [2.45, 2.75) is 24.2 Å². The fraction of sp³-hybridized carbons (Fsp3) is 0.462. The summed E-state index contributed by atoms with van der Waals surface area (Å²) in [5.41, 5.74) is 0.318. The molecule has 20 heavy (non-hydrogen) atoms. The highest BCUT2D eigenvalue weighted by Crippen LogP contribution is 2.28. The van der Waals surface area contributed by atoms with Gasteiger partial charge in [0.1, 0.15) is 0 Å². The highest BCUT2D eigenvalue weighted by Gasteiger charge is 2.23. The number of carbonyl (C=O) groups excluding carboxylic acids is 1. The molecule has 0 atom stereocenters. The zero-order chi connectivity index (χ0) is 14.9. The molecule has 7 heteroatoms. The number of halogens is 1. The lowest BCUT2D eigenvalue weighted by Gasteiger charge is -2.30. The molecular formula is C13H17BrN2O3S. The third-order valence-corrected chi connectivity index (χ3v) is 5.20. The van der Waals surface area contributed by atoms with Crippen LogP contribution in [0.15, 0.2) is 27.6 Å². The van der Waals surface area contributed by atoms with Crippen LogP contribution in [0.5, 0.6) is 0 Å². The summed E-state index contributed by atoms with van der Waals surface area (Å²) < 4.78 is 23.3. The topological polar surface area (TPSA) is 80.5 Å². The molecule has 0 aromatic heterocycles. The van der Waals surface area contributed by atoms with E-state index in [1.165, 1.54) is 24.6 Å². The van der Waals surface area contributed by atoms with Gasteiger partial charge in [0.15, 0.2) is 0 Å². The van der Waals surface area contributed by atoms with Crippen LogP contribution in [0.1, 0.15) is 29.6 Å². The molecule has 110 valence electrons. The number of carbonyl (C=O) groups is 1. The van der Waals surface area contributed by atoms with Crippen molar-refractivity contribution in [1.29, 1.82) is 0 Å². The van der Waals surface area contributed by atoms with Crippen molar-refractivity contribution in [2.75, 3.05) is 13.6 Å². The minimum absolute atomic E-state index is 0.0545. The van der Waals surface area contributed by atoms with Crippen LogP contribution >= 0.6 is 15.9 Å². The maximum atomic E-state index is 12.4. The van der Waals surface area contributed by atoms with Crippen LogP contribution in [0.3, 0.4) is 0 Å². The van der Waals surface area contributed by atoms with Gasteiger partial charge in [-0.3, -0.25) is 4.79 Å². The van der Waals surface area contributed by atoms with Gasteiger partial charge in [-0.05, 0) is 52.9 Å². The van der Waals surface area contributed by atoms with Gasteiger partial charge in [0.05, 0.1) is 10.5 Å². The maximum absolute atomic E-state index is 12.4. The van der Waals surface area contributed by atoms with E-state index in [9.17, 15) is 13.2 Å². The van der Waals surface area contributed by atoms with Crippen molar-refractivity contribution in [1.82, 2.24) is 4.90 Å². The summed E-state index contributed by atoms with van der Waals surface area (Å²) in [4.78, 5) is 14.0. The lowest BCUT2D eigenvalue weighted by Crippen LogP contribution is -2.34. The number of amides is 1. The zero-order valence-corrected chi connectivity index (χ0v) is 13.6. The van der Waals surface area contributed by atoms with Crippen molar-refractivity contribution in [3.63, 3.8) is 0 Å². The van der Waals surface area contributed by atoms with Gasteiger partial charge in [-0.25, -0.2) is 13.6 Å². The molecule has 5 nitrogen and oxygen atoms in total. The van der Waals surface area contributed by atoms with Gasteiger partial charge in [0, 0.05) is 18.1 Å². The van der Waals surface area contributed by atoms with E-state index in [2.05, 4.69) is 15.9 Å². The SMILES string of the molecule is CN(CC1CCC1)C(=O)c1cc(S(N)(=O)=O)ccc1Br. The first kappa shape index (κ1) is 15.5. The van der Waals surface area contributed by atoms with Gasteiger partial charge in [-0.15, -0.1) is 0 Å². The Balaban J connectivity index is 2.23. The molecule has 1 aliphatic carbocycles. The standard InChI is InChI=1S/C13H17BrN2O3S/c1-16(8-9-3-2-4-9)13(17)11-7-10(20(15,18)19)5-6-12(11)14/h5-7,9H,2-4,8H2,1H3,(H2,15,18,19). The number of nitrogens with two attached hydrogens (primary N) is 1. The second-order valence-electron chi connectivity index (χ2n) is 5.17. The summed E-state index contributed by atoms with van der Waals surface area (Å²) in [6.45, 7) is 0.699. The Hall–Kier alpha value is -0.920. The van der Waals surface area contributed by atoms with E-state index in [0.29, 0.717) is 22.5 Å². The van der Waals surface area contributed by atoms with Crippen LogP contribution < -0.4 is 5.14 Å². The van der Waals surface area contributed by atoms with Crippen molar-refractivity contribution in [2.24, 2.45) is 11.1 Å². The molecule has 0 radical (unpaired) electrons. The third kappa shape index (κ3) is 3.39. The molecule has 0 spiro atoms. The van der Waals surface area contributed by atoms with E-state index < -0.39 is 10.0 Å². The van der Waals surface area contributed by atoms with Crippen molar-refractivity contribution in [3.8, 4) is 0 Å². The first-order chi connectivity index (χ1) is 9.29. The molecule has 0 bridgehead atoms. The first-order valence-corrected chi connectivity index (χ1v) is 8.71. The van der Waals surface area contributed by atoms with Gasteiger partial charge < -0.3 is 4.90 Å². The number of primary sulfonamides is 1. The van der Waals surface area contributed by atoms with Crippen LogP contribution in [-0.2, 0) is 10.0 Å². The quantitative estimate of drug-likeness (QED) is 0.890. The summed E-state index contributed by atoms with van der Waals surface area (Å²) in [6.07, 6.45) is 3.52. The number of hydrogen-bond acceptors (Lipinski definition) is 3. The highest BCUT2D eigenvalue weighted by atomic mass is 79.9. The van der Waals surface area contributed by atoms with Gasteiger partial charge in [-0.1, -0.05) is 6.42 Å². The van der Waals surface area contributed by atoms with Crippen LogP contribution in [0.25, 0.3) is 0 Å². The molecule has 1 aliphatic rings. The summed E-state index contributed by atoms with van der Waals surface area (Å²) >= 11 is 3.28. The molecule has 1 saturated carbocycles. The fourth-order valence-corrected chi connectivity index (χ4v) is 3.15. The lowest BCUT2D eigenvalue weighted by atomic mass is 9.85. The zero-order valence-electron chi connectivity index (χ0n) is 11.2. The summed E-state index contributed by atoms with van der Waals surface area (Å²) in [5.74, 6) is 0.360. The van der Waals surface area contributed by atoms with E-state index in [1.54, 1.807) is 11.9 Å². The lowest BCUT2D eigenvalue weighted by molar-refractivity contribution is 0.0744. The summed E-state index contributed by atoms with van der Waals surface area (Å²) in [7, 11) is -2.08. The minimum Gasteiger partial charge on any atom is -0.341 e. The monoisotopic (exact) mass is 360 g/mol. The average Bonchev–Trinajstić information content (AvgIpc) is 2.31. The van der Waals surface area contributed by atoms with Crippen LogP contribution in [0.4, 0.5) is 0 Å². The normalized spacial score (nSPS) is 15.8. The number of nitrogens with zero attached hydrogens (tertiary/aromatic N) is 1. The molecule has 1 amide bonds. The molecule has 2 N–H and O–H groups in total. The Morgan fingerprint density at radius 1 is 1.45 bits per heavy atom. The number of rotatable bonds is 4. The van der Waals surface area contributed by atoms with Crippen LogP contribution in [0, 0.1) is 5.92 Å². The molecular weight excluding hydrogens is 344 g/mol. The Morgan fingerprint density at radius 2 is 2.10 bits per heavy atom. The maximum Gasteiger partial charge on any atom is 0.254 e. The predicted molar refractivity (Wildman–Crippen MR) is 79.8 cm³/mol. The van der Waals surface area contributed by atoms with E-state index in [1.807, 2.05) is 0 Å². The Kier molecular flexibility index (Phi) is 4.51.